The lowest BCUT2D eigenvalue weighted by molar-refractivity contribution is 0.495. The second kappa shape index (κ2) is 7.98. The lowest BCUT2D eigenvalue weighted by Gasteiger charge is -2.30. The number of nitrogens with two attached hydrogens (primary N) is 1. The number of hydrogen-bond donors (Lipinski definition) is 2. The quantitative estimate of drug-likeness (QED) is 0.721. The maximum absolute atomic E-state index is 6.06. The Morgan fingerprint density at radius 3 is 2.25 bits per heavy atom. The molecule has 0 bridgehead atoms. The molecule has 3 aromatic rings. The van der Waals surface area contributed by atoms with E-state index in [4.69, 9.17) is 15.7 Å². The topological polar surface area (TPSA) is 67.1 Å². The van der Waals surface area contributed by atoms with Crippen LogP contribution in [0.3, 0.4) is 0 Å². The Bertz CT molecular complexity index is 926. The molecule has 1 aliphatic rings. The molecule has 5 nitrogen and oxygen atoms in total. The second-order valence-corrected chi connectivity index (χ2v) is 7.45. The Balaban J connectivity index is 1.77. The lowest BCUT2D eigenvalue weighted by atomic mass is 9.99. The summed E-state index contributed by atoms with van der Waals surface area (Å²) >= 11 is 0. The van der Waals surface area contributed by atoms with Gasteiger partial charge in [0.25, 0.3) is 0 Å². The summed E-state index contributed by atoms with van der Waals surface area (Å²) in [5, 5.41) is 3.17. The monoisotopic (exact) mass is 373 g/mol. The largest absolute Gasteiger partial charge is 0.388 e. The Hall–Kier alpha value is -2.92. The third-order valence-electron chi connectivity index (χ3n) is 5.41. The molecule has 0 spiro atoms. The summed E-state index contributed by atoms with van der Waals surface area (Å²) in [4.78, 5) is 12.0. The van der Waals surface area contributed by atoms with E-state index in [9.17, 15) is 0 Å². The van der Waals surface area contributed by atoms with Gasteiger partial charge in [-0.1, -0.05) is 42.0 Å². The normalized spacial score (nSPS) is 14.9. The zero-order chi connectivity index (χ0) is 19.5. The molecule has 3 N–H and O–H groups in total. The first-order chi connectivity index (χ1) is 13.6. The number of rotatable bonds is 4. The zero-order valence-corrected chi connectivity index (χ0v) is 16.5. The number of anilines is 2. The summed E-state index contributed by atoms with van der Waals surface area (Å²) in [5.74, 6) is 0.787. The van der Waals surface area contributed by atoms with Crippen molar-refractivity contribution in [1.82, 2.24) is 9.97 Å². The van der Waals surface area contributed by atoms with Crippen molar-refractivity contribution in [2.75, 3.05) is 30.4 Å². The van der Waals surface area contributed by atoms with Crippen molar-refractivity contribution in [3.63, 3.8) is 0 Å². The van der Waals surface area contributed by atoms with Gasteiger partial charge in [0, 0.05) is 49.2 Å². The van der Waals surface area contributed by atoms with Crippen LogP contribution in [0.25, 0.3) is 22.4 Å². The van der Waals surface area contributed by atoms with Crippen molar-refractivity contribution < 1.29 is 0 Å². The SMILES string of the molecule is CNc1ccc(-c2nc(N3CCC(N)CC3)ncc2-c2ccc(C)cc2)cc1. The van der Waals surface area contributed by atoms with Crippen LogP contribution < -0.4 is 16.0 Å². The molecule has 2 heterocycles. The van der Waals surface area contributed by atoms with Crippen molar-refractivity contribution in [1.29, 1.82) is 0 Å². The van der Waals surface area contributed by atoms with Gasteiger partial charge in [-0.25, -0.2) is 9.97 Å². The average Bonchev–Trinajstić information content (AvgIpc) is 2.75. The Morgan fingerprint density at radius 2 is 1.61 bits per heavy atom. The standard InChI is InChI=1S/C23H27N5/c1-16-3-5-17(6-4-16)21-15-26-23(28-13-11-19(24)12-14-28)27-22(21)18-7-9-20(25-2)10-8-18/h3-10,15,19,25H,11-14,24H2,1-2H3. The molecule has 1 fully saturated rings. The maximum Gasteiger partial charge on any atom is 0.225 e. The summed E-state index contributed by atoms with van der Waals surface area (Å²) in [6, 6.07) is 17.2. The van der Waals surface area contributed by atoms with Gasteiger partial charge in [0.05, 0.1) is 5.69 Å². The highest BCUT2D eigenvalue weighted by Gasteiger charge is 2.20. The highest BCUT2D eigenvalue weighted by Crippen LogP contribution is 2.32. The molecule has 5 heteroatoms. The van der Waals surface area contributed by atoms with E-state index in [0.717, 1.165) is 60.0 Å². The number of nitrogens with one attached hydrogen (secondary N) is 1. The van der Waals surface area contributed by atoms with E-state index < -0.39 is 0 Å². The Morgan fingerprint density at radius 1 is 0.964 bits per heavy atom. The number of aromatic nitrogens is 2. The van der Waals surface area contributed by atoms with Crippen LogP contribution in [0.2, 0.25) is 0 Å². The predicted molar refractivity (Wildman–Crippen MR) is 117 cm³/mol. The van der Waals surface area contributed by atoms with E-state index in [1.54, 1.807) is 0 Å². The van der Waals surface area contributed by atoms with Crippen molar-refractivity contribution in [2.45, 2.75) is 25.8 Å². The number of hydrogen-bond acceptors (Lipinski definition) is 5. The van der Waals surface area contributed by atoms with E-state index in [-0.39, 0.29) is 6.04 Å². The zero-order valence-electron chi connectivity index (χ0n) is 16.5. The van der Waals surface area contributed by atoms with Gasteiger partial charge >= 0.3 is 0 Å². The lowest BCUT2D eigenvalue weighted by Crippen LogP contribution is -2.40. The van der Waals surface area contributed by atoms with Gasteiger partial charge in [-0.3, -0.25) is 0 Å². The van der Waals surface area contributed by atoms with Crippen molar-refractivity contribution >= 4 is 11.6 Å². The smallest absolute Gasteiger partial charge is 0.225 e. The minimum absolute atomic E-state index is 0.289. The van der Waals surface area contributed by atoms with Gasteiger partial charge in [0.15, 0.2) is 0 Å². The molecule has 0 unspecified atom stereocenters. The summed E-state index contributed by atoms with van der Waals surface area (Å²) in [6.45, 7) is 3.91. The Kier molecular flexibility index (Phi) is 5.26. The molecule has 4 rings (SSSR count). The number of piperidine rings is 1. The fourth-order valence-corrected chi connectivity index (χ4v) is 3.58. The molecule has 1 aliphatic heterocycles. The number of nitrogens with zero attached hydrogens (tertiary/aromatic N) is 3. The van der Waals surface area contributed by atoms with Crippen LogP contribution in [0.15, 0.2) is 54.7 Å². The van der Waals surface area contributed by atoms with Crippen LogP contribution in [0.4, 0.5) is 11.6 Å². The summed E-state index contributed by atoms with van der Waals surface area (Å²) in [5.41, 5.74) is 12.6. The molecule has 0 saturated carbocycles. The van der Waals surface area contributed by atoms with Gasteiger partial charge < -0.3 is 16.0 Å². The first-order valence-corrected chi connectivity index (χ1v) is 9.87. The summed E-state index contributed by atoms with van der Waals surface area (Å²) in [6.07, 6.45) is 3.92. The molecule has 0 aliphatic carbocycles. The summed E-state index contributed by atoms with van der Waals surface area (Å²) < 4.78 is 0. The van der Waals surface area contributed by atoms with E-state index in [1.807, 2.05) is 13.2 Å². The molecule has 1 saturated heterocycles. The molecule has 0 atom stereocenters. The van der Waals surface area contributed by atoms with E-state index in [0.29, 0.717) is 0 Å². The van der Waals surface area contributed by atoms with Crippen LogP contribution in [0.5, 0.6) is 0 Å². The van der Waals surface area contributed by atoms with Gasteiger partial charge in [-0.2, -0.15) is 0 Å². The fourth-order valence-electron chi connectivity index (χ4n) is 3.58. The minimum Gasteiger partial charge on any atom is -0.388 e. The van der Waals surface area contributed by atoms with Crippen molar-refractivity contribution in [3.8, 4) is 22.4 Å². The molecule has 2 aromatic carbocycles. The third-order valence-corrected chi connectivity index (χ3v) is 5.41. The van der Waals surface area contributed by atoms with E-state index in [1.165, 1.54) is 5.56 Å². The minimum atomic E-state index is 0.289. The highest BCUT2D eigenvalue weighted by molar-refractivity contribution is 5.81. The summed E-state index contributed by atoms with van der Waals surface area (Å²) in [7, 11) is 1.93. The molecule has 0 amide bonds. The molecule has 0 radical (unpaired) electrons. The van der Waals surface area contributed by atoms with E-state index in [2.05, 4.69) is 65.7 Å². The Labute approximate surface area is 166 Å². The molecular weight excluding hydrogens is 346 g/mol. The molecular formula is C23H27N5. The van der Waals surface area contributed by atoms with E-state index >= 15 is 0 Å². The number of aryl methyl sites for hydroxylation is 1. The van der Waals surface area contributed by atoms with Gasteiger partial charge in [-0.05, 0) is 37.5 Å². The second-order valence-electron chi connectivity index (χ2n) is 7.45. The van der Waals surface area contributed by atoms with Crippen LogP contribution in [0, 0.1) is 6.92 Å². The highest BCUT2D eigenvalue weighted by atomic mass is 15.3. The van der Waals surface area contributed by atoms with Gasteiger partial charge in [-0.15, -0.1) is 0 Å². The first-order valence-electron chi connectivity index (χ1n) is 9.87. The first kappa shape index (κ1) is 18.4. The van der Waals surface area contributed by atoms with Crippen LogP contribution in [-0.4, -0.2) is 36.1 Å². The van der Waals surface area contributed by atoms with Crippen molar-refractivity contribution in [3.05, 3.63) is 60.3 Å². The van der Waals surface area contributed by atoms with Gasteiger partial charge in [0.1, 0.15) is 0 Å². The molecule has 1 aromatic heterocycles. The van der Waals surface area contributed by atoms with Crippen LogP contribution >= 0.6 is 0 Å². The fraction of sp³-hybridized carbons (Fsp3) is 0.304. The maximum atomic E-state index is 6.06. The molecule has 28 heavy (non-hydrogen) atoms. The number of benzene rings is 2. The third kappa shape index (κ3) is 3.85. The predicted octanol–water partition coefficient (Wildman–Crippen LogP) is 4.09. The molecule has 144 valence electrons. The van der Waals surface area contributed by atoms with Gasteiger partial charge in [0.2, 0.25) is 5.95 Å². The van der Waals surface area contributed by atoms with Crippen molar-refractivity contribution in [2.24, 2.45) is 5.73 Å². The van der Waals surface area contributed by atoms with Crippen LogP contribution in [-0.2, 0) is 0 Å². The average molecular weight is 374 g/mol. The van der Waals surface area contributed by atoms with Crippen LogP contribution in [0.1, 0.15) is 18.4 Å².